The fraction of sp³-hybridized carbons (Fsp3) is 0.733. The quantitative estimate of drug-likeness (QED) is 0.820. The van der Waals surface area contributed by atoms with Gasteiger partial charge in [0.05, 0.1) is 11.7 Å². The van der Waals surface area contributed by atoms with Gasteiger partial charge in [0.25, 0.3) is 0 Å². The summed E-state index contributed by atoms with van der Waals surface area (Å²) in [5.41, 5.74) is 1.11. The Morgan fingerprint density at radius 3 is 2.72 bits per heavy atom. The molecule has 1 atom stereocenters. The minimum atomic E-state index is 0.241. The molecule has 0 spiro atoms. The second-order valence-corrected chi connectivity index (χ2v) is 5.84. The van der Waals surface area contributed by atoms with Crippen LogP contribution in [0.1, 0.15) is 63.1 Å². The van der Waals surface area contributed by atoms with Crippen molar-refractivity contribution in [2.24, 2.45) is 5.92 Å². The van der Waals surface area contributed by atoms with Crippen LogP contribution in [0, 0.1) is 5.92 Å². The average molecular weight is 246 g/mol. The zero-order valence-electron chi connectivity index (χ0n) is 11.0. The van der Waals surface area contributed by atoms with E-state index in [9.17, 15) is 4.79 Å². The summed E-state index contributed by atoms with van der Waals surface area (Å²) < 4.78 is 2.13. The Morgan fingerprint density at radius 2 is 1.94 bits per heavy atom. The molecule has 2 aliphatic rings. The average Bonchev–Trinajstić information content (AvgIpc) is 3.02. The normalized spacial score (nSPS) is 25.8. The van der Waals surface area contributed by atoms with E-state index < -0.39 is 0 Å². The van der Waals surface area contributed by atoms with Gasteiger partial charge in [-0.3, -0.25) is 9.48 Å². The second kappa shape index (κ2) is 5.25. The molecule has 98 valence electrons. The van der Waals surface area contributed by atoms with Crippen LogP contribution in [-0.4, -0.2) is 15.6 Å². The molecular formula is C15H22N2O. The van der Waals surface area contributed by atoms with Crippen LogP contribution >= 0.6 is 0 Å². The van der Waals surface area contributed by atoms with E-state index in [1.807, 2.05) is 0 Å². The lowest BCUT2D eigenvalue weighted by Gasteiger charge is -2.19. The fourth-order valence-electron chi connectivity index (χ4n) is 3.38. The molecule has 0 saturated heterocycles. The van der Waals surface area contributed by atoms with E-state index in [0.29, 0.717) is 11.8 Å². The number of ketones is 1. The summed E-state index contributed by atoms with van der Waals surface area (Å²) in [4.78, 5) is 11.8. The summed E-state index contributed by atoms with van der Waals surface area (Å²) in [7, 11) is 0. The van der Waals surface area contributed by atoms with Crippen LogP contribution in [0.4, 0.5) is 0 Å². The topological polar surface area (TPSA) is 34.9 Å². The molecule has 3 nitrogen and oxygen atoms in total. The van der Waals surface area contributed by atoms with Gasteiger partial charge in [0.2, 0.25) is 0 Å². The molecule has 0 radical (unpaired) electrons. The third-order valence-corrected chi connectivity index (χ3v) is 4.50. The van der Waals surface area contributed by atoms with Crippen molar-refractivity contribution in [3.63, 3.8) is 0 Å². The van der Waals surface area contributed by atoms with Crippen molar-refractivity contribution in [3.8, 4) is 0 Å². The summed E-state index contributed by atoms with van der Waals surface area (Å²) in [6.45, 7) is 0. The summed E-state index contributed by atoms with van der Waals surface area (Å²) in [6.07, 6.45) is 12.3. The summed E-state index contributed by atoms with van der Waals surface area (Å²) in [6, 6.07) is 2.72. The fourth-order valence-corrected chi connectivity index (χ4v) is 3.38. The molecule has 18 heavy (non-hydrogen) atoms. The maximum Gasteiger partial charge on any atom is 0.136 e. The van der Waals surface area contributed by atoms with E-state index in [4.69, 9.17) is 0 Å². The molecule has 1 heterocycles. The maximum atomic E-state index is 11.8. The molecule has 2 fully saturated rings. The molecule has 2 aliphatic carbocycles. The number of Topliss-reactive ketones (excluding diaryl/α,β-unsaturated/α-hetero) is 1. The SMILES string of the molecule is O=C1CCCCC1Cc1ccn(C2CCCC2)n1. The van der Waals surface area contributed by atoms with Crippen molar-refractivity contribution >= 4 is 5.78 Å². The molecule has 3 rings (SSSR count). The first kappa shape index (κ1) is 11.9. The van der Waals surface area contributed by atoms with Crippen molar-refractivity contribution in [2.75, 3.05) is 0 Å². The third-order valence-electron chi connectivity index (χ3n) is 4.50. The zero-order chi connectivity index (χ0) is 12.4. The molecule has 3 heteroatoms. The van der Waals surface area contributed by atoms with Crippen molar-refractivity contribution < 1.29 is 4.79 Å². The lowest BCUT2D eigenvalue weighted by atomic mass is 9.85. The number of carbonyl (C=O) groups is 1. The van der Waals surface area contributed by atoms with Crippen molar-refractivity contribution in [1.29, 1.82) is 0 Å². The van der Waals surface area contributed by atoms with Crippen LogP contribution in [0.25, 0.3) is 0 Å². The van der Waals surface area contributed by atoms with Crippen molar-refractivity contribution in [1.82, 2.24) is 9.78 Å². The number of rotatable bonds is 3. The second-order valence-electron chi connectivity index (χ2n) is 5.84. The Hall–Kier alpha value is -1.12. The highest BCUT2D eigenvalue weighted by molar-refractivity contribution is 5.81. The summed E-state index contributed by atoms with van der Waals surface area (Å²) >= 11 is 0. The number of aromatic nitrogens is 2. The van der Waals surface area contributed by atoms with E-state index in [-0.39, 0.29) is 5.92 Å². The molecule has 1 unspecified atom stereocenters. The zero-order valence-corrected chi connectivity index (χ0v) is 11.0. The number of hydrogen-bond acceptors (Lipinski definition) is 2. The Kier molecular flexibility index (Phi) is 3.48. The highest BCUT2D eigenvalue weighted by Crippen LogP contribution is 2.29. The Bertz CT molecular complexity index is 418. The van der Waals surface area contributed by atoms with Crippen LogP contribution in [0.15, 0.2) is 12.3 Å². The number of hydrogen-bond donors (Lipinski definition) is 0. The van der Waals surface area contributed by atoms with Crippen LogP contribution in [-0.2, 0) is 11.2 Å². The lowest BCUT2D eigenvalue weighted by Crippen LogP contribution is -2.21. The van der Waals surface area contributed by atoms with Gasteiger partial charge in [-0.15, -0.1) is 0 Å². The molecule has 0 amide bonds. The molecule has 1 aromatic heterocycles. The van der Waals surface area contributed by atoms with Gasteiger partial charge in [0, 0.05) is 25.0 Å². The first-order valence-corrected chi connectivity index (χ1v) is 7.39. The van der Waals surface area contributed by atoms with Gasteiger partial charge < -0.3 is 0 Å². The van der Waals surface area contributed by atoms with Gasteiger partial charge in [-0.2, -0.15) is 5.10 Å². The summed E-state index contributed by atoms with van der Waals surface area (Å²) in [5, 5.41) is 4.69. The Labute approximate surface area is 109 Å². The van der Waals surface area contributed by atoms with Gasteiger partial charge in [-0.1, -0.05) is 19.3 Å². The first-order chi connectivity index (χ1) is 8.83. The molecular weight excluding hydrogens is 224 g/mol. The van der Waals surface area contributed by atoms with Crippen LogP contribution in [0.2, 0.25) is 0 Å². The smallest absolute Gasteiger partial charge is 0.136 e. The Balaban J connectivity index is 1.64. The van der Waals surface area contributed by atoms with Gasteiger partial charge >= 0.3 is 0 Å². The van der Waals surface area contributed by atoms with Crippen molar-refractivity contribution in [2.45, 2.75) is 63.8 Å². The van der Waals surface area contributed by atoms with E-state index in [0.717, 1.165) is 31.4 Å². The lowest BCUT2D eigenvalue weighted by molar-refractivity contribution is -0.124. The minimum absolute atomic E-state index is 0.241. The monoisotopic (exact) mass is 246 g/mol. The van der Waals surface area contributed by atoms with Crippen LogP contribution < -0.4 is 0 Å². The number of nitrogens with zero attached hydrogens (tertiary/aromatic N) is 2. The highest BCUT2D eigenvalue weighted by atomic mass is 16.1. The Morgan fingerprint density at radius 1 is 1.17 bits per heavy atom. The predicted octanol–water partition coefficient (Wildman–Crippen LogP) is 3.30. The third kappa shape index (κ3) is 2.50. The first-order valence-electron chi connectivity index (χ1n) is 7.39. The predicted molar refractivity (Wildman–Crippen MR) is 70.4 cm³/mol. The molecule has 2 saturated carbocycles. The minimum Gasteiger partial charge on any atom is -0.299 e. The number of carbonyl (C=O) groups excluding carboxylic acids is 1. The van der Waals surface area contributed by atoms with E-state index in [2.05, 4.69) is 22.0 Å². The molecule has 0 N–H and O–H groups in total. The molecule has 0 bridgehead atoms. The van der Waals surface area contributed by atoms with Gasteiger partial charge in [0.15, 0.2) is 0 Å². The summed E-state index contributed by atoms with van der Waals surface area (Å²) in [5.74, 6) is 0.697. The van der Waals surface area contributed by atoms with E-state index in [1.54, 1.807) is 0 Å². The molecule has 0 aromatic carbocycles. The van der Waals surface area contributed by atoms with Crippen LogP contribution in [0.3, 0.4) is 0 Å². The van der Waals surface area contributed by atoms with Crippen LogP contribution in [0.5, 0.6) is 0 Å². The van der Waals surface area contributed by atoms with Gasteiger partial charge in [0.1, 0.15) is 5.78 Å². The largest absolute Gasteiger partial charge is 0.299 e. The standard InChI is InChI=1S/C15H22N2O/c18-15-8-4-1-5-12(15)11-13-9-10-17(16-13)14-6-2-3-7-14/h9-10,12,14H,1-8,11H2. The maximum absolute atomic E-state index is 11.8. The van der Waals surface area contributed by atoms with Crippen molar-refractivity contribution in [3.05, 3.63) is 18.0 Å². The highest BCUT2D eigenvalue weighted by Gasteiger charge is 2.24. The van der Waals surface area contributed by atoms with E-state index >= 15 is 0 Å². The molecule has 1 aromatic rings. The van der Waals surface area contributed by atoms with Gasteiger partial charge in [-0.05, 0) is 31.7 Å². The van der Waals surface area contributed by atoms with Gasteiger partial charge in [-0.25, -0.2) is 0 Å². The van der Waals surface area contributed by atoms with E-state index in [1.165, 1.54) is 32.1 Å². The molecule has 0 aliphatic heterocycles.